The first-order valence-corrected chi connectivity index (χ1v) is 35.1. The molecule has 4 nitrogen and oxygen atoms in total. The Labute approximate surface area is 554 Å². The normalized spacial score (nSPS) is 15.0. The molecular formula is C80H77B2Br3N4. The molecule has 0 fully saturated rings. The molecule has 444 valence electrons. The SMILES string of the molecule is BrB(Br)Br.CC(C)(C)c1cc(N2CCCc3c(-c4ccccc4)cccc32)cc(N2CCCc3c(-c4ccccc4)cccc32)c1.CC(C)(C)c1cc2c3c(c1)N1CCCc4c(-c5ccccc5)ccc(c41)B3c1ccc(-c3ccccc3)c3c1N2CCC3. The van der Waals surface area contributed by atoms with Gasteiger partial charge in [0, 0.05) is 71.7 Å². The molecule has 6 aliphatic heterocycles. The van der Waals surface area contributed by atoms with E-state index in [1.165, 1.54) is 153 Å². The fourth-order valence-electron chi connectivity index (χ4n) is 15.4. The second kappa shape index (κ2) is 24.6. The average Bonchev–Trinajstić information content (AvgIpc) is 0.700. The van der Waals surface area contributed by atoms with Crippen LogP contribution in [0.4, 0.5) is 45.5 Å². The molecule has 0 saturated carbocycles. The van der Waals surface area contributed by atoms with Gasteiger partial charge in [-0.05, 0) is 199 Å². The van der Waals surface area contributed by atoms with Crippen molar-refractivity contribution in [2.24, 2.45) is 0 Å². The summed E-state index contributed by atoms with van der Waals surface area (Å²) in [4.78, 5) is 10.6. The molecule has 0 atom stereocenters. The van der Waals surface area contributed by atoms with Gasteiger partial charge in [-0.15, -0.1) is 47.3 Å². The van der Waals surface area contributed by atoms with Crippen LogP contribution in [0.2, 0.25) is 0 Å². The number of benzene rings is 10. The maximum Gasteiger partial charge on any atom is 0.369 e. The van der Waals surface area contributed by atoms with E-state index in [1.807, 2.05) is 0 Å². The highest BCUT2D eigenvalue weighted by atomic mass is 79.9. The van der Waals surface area contributed by atoms with Crippen LogP contribution in [0, 0.1) is 0 Å². The minimum atomic E-state index is 0.0414. The molecule has 16 rings (SSSR count). The van der Waals surface area contributed by atoms with Gasteiger partial charge in [0.05, 0.1) is 0 Å². The first-order valence-electron chi connectivity index (χ1n) is 32.3. The number of nitrogens with zero attached hydrogens (tertiary/aromatic N) is 4. The highest BCUT2D eigenvalue weighted by molar-refractivity contribution is 9.69. The molecule has 89 heavy (non-hydrogen) atoms. The van der Waals surface area contributed by atoms with Crippen molar-refractivity contribution in [3.63, 3.8) is 0 Å². The molecular weight excluding hydrogens is 1280 g/mol. The number of fused-ring (bicyclic) bond motifs is 6. The Bertz CT molecular complexity index is 4000. The van der Waals surface area contributed by atoms with E-state index in [2.05, 4.69) is 321 Å². The minimum absolute atomic E-state index is 0.0414. The Kier molecular flexibility index (Phi) is 16.5. The number of halogens is 3. The lowest BCUT2D eigenvalue weighted by Crippen LogP contribution is -2.63. The second-order valence-corrected chi connectivity index (χ2v) is 33.4. The molecule has 0 spiro atoms. The molecule has 6 aliphatic rings. The molecule has 0 unspecified atom stereocenters. The maximum absolute atomic E-state index is 3.10. The van der Waals surface area contributed by atoms with Crippen LogP contribution in [-0.4, -0.2) is 36.1 Å². The maximum atomic E-state index is 3.10. The zero-order valence-corrected chi connectivity index (χ0v) is 57.0. The van der Waals surface area contributed by atoms with Crippen LogP contribution in [0.5, 0.6) is 0 Å². The molecule has 0 aromatic heterocycles. The summed E-state index contributed by atoms with van der Waals surface area (Å²) in [5.41, 5.74) is 35.4. The van der Waals surface area contributed by atoms with Crippen LogP contribution in [0.3, 0.4) is 0 Å². The van der Waals surface area contributed by atoms with Crippen molar-refractivity contribution in [3.8, 4) is 44.5 Å². The smallest absolute Gasteiger partial charge is 0.342 e. The average molecular weight is 1360 g/mol. The van der Waals surface area contributed by atoms with Crippen molar-refractivity contribution in [1.29, 1.82) is 0 Å². The van der Waals surface area contributed by atoms with Crippen LogP contribution in [0.25, 0.3) is 44.5 Å². The van der Waals surface area contributed by atoms with E-state index in [0.717, 1.165) is 64.7 Å². The van der Waals surface area contributed by atoms with Gasteiger partial charge in [-0.2, -0.15) is 0 Å². The van der Waals surface area contributed by atoms with Gasteiger partial charge in [0.1, 0.15) is 0 Å². The first-order chi connectivity index (χ1) is 43.2. The summed E-state index contributed by atoms with van der Waals surface area (Å²) in [6.07, 6.45) is 9.16. The third-order valence-corrected chi connectivity index (χ3v) is 19.5. The number of rotatable bonds is 6. The lowest BCUT2D eigenvalue weighted by molar-refractivity contribution is 0.589. The van der Waals surface area contributed by atoms with Crippen molar-refractivity contribution < 1.29 is 0 Å². The molecule has 6 heterocycles. The van der Waals surface area contributed by atoms with E-state index in [4.69, 9.17) is 0 Å². The van der Waals surface area contributed by atoms with Crippen molar-refractivity contribution >= 4 is 119 Å². The topological polar surface area (TPSA) is 13.0 Å². The Morgan fingerprint density at radius 1 is 0.337 bits per heavy atom. The highest BCUT2D eigenvalue weighted by Gasteiger charge is 2.46. The van der Waals surface area contributed by atoms with Gasteiger partial charge in [-0.25, -0.2) is 0 Å². The molecule has 10 aromatic carbocycles. The Morgan fingerprint density at radius 3 is 1.02 bits per heavy atom. The Morgan fingerprint density at radius 2 is 0.663 bits per heavy atom. The molecule has 0 amide bonds. The third-order valence-electron chi connectivity index (χ3n) is 19.5. The van der Waals surface area contributed by atoms with Crippen LogP contribution in [0.15, 0.2) is 212 Å². The minimum Gasteiger partial charge on any atom is -0.342 e. The van der Waals surface area contributed by atoms with Crippen LogP contribution >= 0.6 is 47.3 Å². The lowest BCUT2D eigenvalue weighted by atomic mass is 9.32. The van der Waals surface area contributed by atoms with E-state index in [0.29, 0.717) is 0 Å². The summed E-state index contributed by atoms with van der Waals surface area (Å²) >= 11 is 9.31. The summed E-state index contributed by atoms with van der Waals surface area (Å²) in [5.74, 6) is 0. The van der Waals surface area contributed by atoms with Crippen molar-refractivity contribution in [3.05, 3.63) is 246 Å². The molecule has 0 bridgehead atoms. The first kappa shape index (κ1) is 59.6. The number of hydrogen-bond acceptors (Lipinski definition) is 4. The van der Waals surface area contributed by atoms with Crippen LogP contribution < -0.4 is 36.0 Å². The summed E-state index contributed by atoms with van der Waals surface area (Å²) in [6.45, 7) is 18.6. The van der Waals surface area contributed by atoms with Gasteiger partial charge in [-0.1, -0.05) is 211 Å². The molecule has 0 radical (unpaired) electrons. The second-order valence-electron chi connectivity index (χ2n) is 27.0. The summed E-state index contributed by atoms with van der Waals surface area (Å²) < 4.78 is 0.271. The van der Waals surface area contributed by atoms with E-state index < -0.39 is 0 Å². The van der Waals surface area contributed by atoms with Crippen molar-refractivity contribution in [2.75, 3.05) is 45.8 Å². The van der Waals surface area contributed by atoms with Crippen LogP contribution in [-0.2, 0) is 36.5 Å². The third kappa shape index (κ3) is 11.3. The number of anilines is 8. The Balaban J connectivity index is 0.000000147. The zero-order valence-electron chi connectivity index (χ0n) is 52.3. The van der Waals surface area contributed by atoms with Gasteiger partial charge in [0.15, 0.2) is 0 Å². The van der Waals surface area contributed by atoms with Gasteiger partial charge >= 0.3 is 3.18 Å². The van der Waals surface area contributed by atoms with Crippen molar-refractivity contribution in [1.82, 2.24) is 0 Å². The van der Waals surface area contributed by atoms with E-state index in [9.17, 15) is 0 Å². The number of hydrogen-bond donors (Lipinski definition) is 0. The molecule has 0 aliphatic carbocycles. The van der Waals surface area contributed by atoms with E-state index in [1.54, 1.807) is 0 Å². The predicted octanol–water partition coefficient (Wildman–Crippen LogP) is 20.3. The zero-order chi connectivity index (χ0) is 61.1. The molecule has 10 aromatic rings. The lowest BCUT2D eigenvalue weighted by Gasteiger charge is -2.48. The molecule has 0 saturated heterocycles. The van der Waals surface area contributed by atoms with Gasteiger partial charge in [0.25, 0.3) is 6.71 Å². The monoisotopic (exact) mass is 1350 g/mol. The molecule has 0 N–H and O–H groups in total. The van der Waals surface area contributed by atoms with Gasteiger partial charge in [-0.3, -0.25) is 0 Å². The van der Waals surface area contributed by atoms with Gasteiger partial charge < -0.3 is 19.6 Å². The van der Waals surface area contributed by atoms with Crippen molar-refractivity contribution in [2.45, 2.75) is 104 Å². The predicted molar refractivity (Wildman–Crippen MR) is 396 cm³/mol. The molecule has 9 heteroatoms. The fourth-order valence-corrected chi connectivity index (χ4v) is 15.4. The van der Waals surface area contributed by atoms with E-state index >= 15 is 0 Å². The largest absolute Gasteiger partial charge is 0.369 e. The highest BCUT2D eigenvalue weighted by Crippen LogP contribution is 2.49. The summed E-state index contributed by atoms with van der Waals surface area (Å²) in [5, 5.41) is 0. The van der Waals surface area contributed by atoms with E-state index in [-0.39, 0.29) is 20.7 Å². The summed E-state index contributed by atoms with van der Waals surface area (Å²) in [7, 11) is 0. The van der Waals surface area contributed by atoms with Gasteiger partial charge in [0.2, 0.25) is 0 Å². The van der Waals surface area contributed by atoms with Crippen LogP contribution in [0.1, 0.15) is 101 Å². The fraction of sp³-hybridized carbons (Fsp3) is 0.250. The standard InChI is InChI=1S/C40H37BN2.C40H40N2.BBr3/c1-40(2,3)28-24-35-37-36(25-28)43-23-11-17-32-30(27-14-8-5-9-15-27)19-21-34(39(32)43)41(37)33-20-18-29(26-12-6-4-7-13-26)31-16-10-22-42(35)38(31)33;1-40(2,3)31-26-32(41-24-12-20-36-34(18-10-22-38(36)41)29-14-6-4-7-15-29)28-33(27-31)42-25-13-21-37-35(19-11-23-39(37)42)30-16-8-5-9-17-30;2-1(3)4/h4-9,12-15,18-21,24-25H,10-11,16-17,22-23H2,1-3H3;4-11,14-19,22-23,26-28H,12-13,20-21,24-25H2,1-3H3;. The Hall–Kier alpha value is -7.03. The summed E-state index contributed by atoms with van der Waals surface area (Å²) in [6, 6.07) is 79.8. The quantitative estimate of drug-likeness (QED) is 0.154.